The van der Waals surface area contributed by atoms with E-state index in [-0.39, 0.29) is 6.61 Å². The first-order valence-electron chi connectivity index (χ1n) is 3.66. The summed E-state index contributed by atoms with van der Waals surface area (Å²) in [4.78, 5) is 4.04. The molecule has 1 saturated heterocycles. The number of aromatic nitrogens is 1. The quantitative estimate of drug-likeness (QED) is 0.622. The van der Waals surface area contributed by atoms with E-state index in [1.165, 1.54) is 0 Å². The van der Waals surface area contributed by atoms with Crippen LogP contribution in [0.2, 0.25) is 0 Å². The SMILES string of the molecule is OCc1cnc(C2CNC2)o1. The lowest BCUT2D eigenvalue weighted by Crippen LogP contribution is -2.40. The van der Waals surface area contributed by atoms with Crippen LogP contribution in [0, 0.1) is 0 Å². The lowest BCUT2D eigenvalue weighted by Gasteiger charge is -2.23. The molecule has 1 aliphatic heterocycles. The van der Waals surface area contributed by atoms with Gasteiger partial charge in [0.15, 0.2) is 5.89 Å². The maximum Gasteiger partial charge on any atom is 0.200 e. The first-order valence-corrected chi connectivity index (χ1v) is 3.66. The molecular formula is C7H10N2O2. The Bertz CT molecular complexity index is 242. The van der Waals surface area contributed by atoms with Crippen molar-refractivity contribution in [2.24, 2.45) is 0 Å². The van der Waals surface area contributed by atoms with E-state index in [0.717, 1.165) is 19.0 Å². The van der Waals surface area contributed by atoms with Gasteiger partial charge in [0.25, 0.3) is 0 Å². The molecule has 4 nitrogen and oxygen atoms in total. The Balaban J connectivity index is 2.11. The Hall–Kier alpha value is -0.870. The summed E-state index contributed by atoms with van der Waals surface area (Å²) in [5.41, 5.74) is 0. The highest BCUT2D eigenvalue weighted by atomic mass is 16.4. The van der Waals surface area contributed by atoms with Crippen molar-refractivity contribution in [2.75, 3.05) is 13.1 Å². The molecule has 0 amide bonds. The molecule has 0 atom stereocenters. The van der Waals surface area contributed by atoms with E-state index in [2.05, 4.69) is 10.3 Å². The second-order valence-corrected chi connectivity index (χ2v) is 2.68. The van der Waals surface area contributed by atoms with E-state index in [9.17, 15) is 0 Å². The number of hydrogen-bond acceptors (Lipinski definition) is 4. The van der Waals surface area contributed by atoms with Crippen LogP contribution in [-0.4, -0.2) is 23.2 Å². The van der Waals surface area contributed by atoms with Gasteiger partial charge < -0.3 is 14.8 Å². The minimum atomic E-state index is -0.0624. The van der Waals surface area contributed by atoms with Gasteiger partial charge in [0.1, 0.15) is 12.4 Å². The number of aliphatic hydroxyl groups is 1. The molecule has 1 aliphatic rings. The maximum atomic E-state index is 8.67. The molecule has 1 aromatic heterocycles. The largest absolute Gasteiger partial charge is 0.443 e. The third-order valence-electron chi connectivity index (χ3n) is 1.86. The first kappa shape index (κ1) is 6.82. The number of nitrogens with zero attached hydrogens (tertiary/aromatic N) is 1. The molecule has 0 saturated carbocycles. The number of rotatable bonds is 2. The molecule has 0 bridgehead atoms. The van der Waals surface area contributed by atoms with Gasteiger partial charge in [-0.05, 0) is 0 Å². The molecule has 0 aromatic carbocycles. The lowest BCUT2D eigenvalue weighted by atomic mass is 10.0. The fourth-order valence-corrected chi connectivity index (χ4v) is 1.05. The molecule has 0 spiro atoms. The normalized spacial score (nSPS) is 18.3. The Labute approximate surface area is 64.2 Å². The third kappa shape index (κ3) is 1.15. The summed E-state index contributed by atoms with van der Waals surface area (Å²) < 4.78 is 5.24. The van der Waals surface area contributed by atoms with Crippen LogP contribution in [0.4, 0.5) is 0 Å². The number of nitrogens with one attached hydrogen (secondary N) is 1. The van der Waals surface area contributed by atoms with Crippen molar-refractivity contribution < 1.29 is 9.52 Å². The minimum absolute atomic E-state index is 0.0624. The van der Waals surface area contributed by atoms with E-state index >= 15 is 0 Å². The van der Waals surface area contributed by atoms with Gasteiger partial charge in [-0.3, -0.25) is 0 Å². The van der Waals surface area contributed by atoms with Crippen LogP contribution < -0.4 is 5.32 Å². The standard InChI is InChI=1S/C7H10N2O2/c10-4-6-3-9-7(11-6)5-1-8-2-5/h3,5,8,10H,1-2,4H2. The first-order chi connectivity index (χ1) is 5.40. The number of oxazole rings is 1. The summed E-state index contributed by atoms with van der Waals surface area (Å²) in [6.07, 6.45) is 1.58. The van der Waals surface area contributed by atoms with Crippen LogP contribution in [-0.2, 0) is 6.61 Å². The fourth-order valence-electron chi connectivity index (χ4n) is 1.05. The Morgan fingerprint density at radius 1 is 1.73 bits per heavy atom. The average Bonchev–Trinajstić information content (AvgIpc) is 2.32. The van der Waals surface area contributed by atoms with Gasteiger partial charge >= 0.3 is 0 Å². The van der Waals surface area contributed by atoms with Crippen LogP contribution >= 0.6 is 0 Å². The monoisotopic (exact) mass is 154 g/mol. The van der Waals surface area contributed by atoms with Crippen molar-refractivity contribution in [3.05, 3.63) is 17.8 Å². The van der Waals surface area contributed by atoms with Crippen molar-refractivity contribution in [3.8, 4) is 0 Å². The van der Waals surface area contributed by atoms with Gasteiger partial charge in [0.05, 0.1) is 12.1 Å². The molecule has 11 heavy (non-hydrogen) atoms. The molecule has 60 valence electrons. The van der Waals surface area contributed by atoms with Gasteiger partial charge in [-0.2, -0.15) is 0 Å². The molecule has 1 fully saturated rings. The third-order valence-corrected chi connectivity index (χ3v) is 1.86. The molecule has 0 unspecified atom stereocenters. The summed E-state index contributed by atoms with van der Waals surface area (Å²) in [7, 11) is 0. The highest BCUT2D eigenvalue weighted by molar-refractivity contribution is 5.03. The highest BCUT2D eigenvalue weighted by Crippen LogP contribution is 2.18. The maximum absolute atomic E-state index is 8.67. The number of aliphatic hydroxyl groups excluding tert-OH is 1. The zero-order valence-corrected chi connectivity index (χ0v) is 6.08. The van der Waals surface area contributed by atoms with E-state index < -0.39 is 0 Å². The topological polar surface area (TPSA) is 58.3 Å². The predicted octanol–water partition coefficient (Wildman–Crippen LogP) is -0.146. The van der Waals surface area contributed by atoms with E-state index in [0.29, 0.717) is 11.7 Å². The molecule has 2 N–H and O–H groups in total. The summed E-state index contributed by atoms with van der Waals surface area (Å²) in [6, 6.07) is 0. The molecule has 0 aliphatic carbocycles. The molecule has 2 rings (SSSR count). The zero-order chi connectivity index (χ0) is 7.68. The average molecular weight is 154 g/mol. The van der Waals surface area contributed by atoms with E-state index in [4.69, 9.17) is 9.52 Å². The van der Waals surface area contributed by atoms with Gasteiger partial charge in [0, 0.05) is 13.1 Å². The van der Waals surface area contributed by atoms with Crippen molar-refractivity contribution in [2.45, 2.75) is 12.5 Å². The van der Waals surface area contributed by atoms with Crippen LogP contribution in [0.5, 0.6) is 0 Å². The summed E-state index contributed by atoms with van der Waals surface area (Å²) >= 11 is 0. The molecule has 4 heteroatoms. The minimum Gasteiger partial charge on any atom is -0.443 e. The highest BCUT2D eigenvalue weighted by Gasteiger charge is 2.23. The van der Waals surface area contributed by atoms with Crippen LogP contribution in [0.1, 0.15) is 17.6 Å². The smallest absolute Gasteiger partial charge is 0.200 e. The van der Waals surface area contributed by atoms with Crippen molar-refractivity contribution in [3.63, 3.8) is 0 Å². The molecule has 1 aromatic rings. The summed E-state index contributed by atoms with van der Waals surface area (Å²) in [5, 5.41) is 11.8. The van der Waals surface area contributed by atoms with Gasteiger partial charge in [0.2, 0.25) is 0 Å². The fraction of sp³-hybridized carbons (Fsp3) is 0.571. The second kappa shape index (κ2) is 2.64. The molecular weight excluding hydrogens is 144 g/mol. The van der Waals surface area contributed by atoms with Crippen LogP contribution in [0.15, 0.2) is 10.6 Å². The van der Waals surface area contributed by atoms with Crippen molar-refractivity contribution >= 4 is 0 Å². The second-order valence-electron chi connectivity index (χ2n) is 2.68. The van der Waals surface area contributed by atoms with Crippen molar-refractivity contribution in [1.82, 2.24) is 10.3 Å². The Morgan fingerprint density at radius 2 is 2.55 bits per heavy atom. The Morgan fingerprint density at radius 3 is 3.00 bits per heavy atom. The van der Waals surface area contributed by atoms with Gasteiger partial charge in [-0.25, -0.2) is 4.98 Å². The molecule has 2 heterocycles. The Kier molecular flexibility index (Phi) is 1.63. The molecule has 0 radical (unpaired) electrons. The lowest BCUT2D eigenvalue weighted by molar-refractivity contribution is 0.236. The summed E-state index contributed by atoms with van der Waals surface area (Å²) in [6.45, 7) is 1.81. The van der Waals surface area contributed by atoms with Crippen molar-refractivity contribution in [1.29, 1.82) is 0 Å². The van der Waals surface area contributed by atoms with Gasteiger partial charge in [-0.1, -0.05) is 0 Å². The summed E-state index contributed by atoms with van der Waals surface area (Å²) in [5.74, 6) is 1.70. The van der Waals surface area contributed by atoms with Crippen LogP contribution in [0.25, 0.3) is 0 Å². The number of hydrogen-bond donors (Lipinski definition) is 2. The van der Waals surface area contributed by atoms with E-state index in [1.54, 1.807) is 6.20 Å². The van der Waals surface area contributed by atoms with Crippen LogP contribution in [0.3, 0.4) is 0 Å². The van der Waals surface area contributed by atoms with Gasteiger partial charge in [-0.15, -0.1) is 0 Å². The zero-order valence-electron chi connectivity index (χ0n) is 6.08. The predicted molar refractivity (Wildman–Crippen MR) is 38.0 cm³/mol. The van der Waals surface area contributed by atoms with E-state index in [1.807, 2.05) is 0 Å².